The van der Waals surface area contributed by atoms with Crippen LogP contribution in [0.5, 0.6) is 0 Å². The molecule has 0 unspecified atom stereocenters. The number of carbonyl (C=O) groups is 2. The Morgan fingerprint density at radius 3 is 3.05 bits per heavy atom. The molecule has 1 aromatic heterocycles. The summed E-state index contributed by atoms with van der Waals surface area (Å²) in [6.45, 7) is 0. The third-order valence-electron chi connectivity index (χ3n) is 3.32. The van der Waals surface area contributed by atoms with Gasteiger partial charge in [0.2, 0.25) is 5.91 Å². The van der Waals surface area contributed by atoms with Crippen molar-refractivity contribution in [1.82, 2.24) is 4.90 Å². The number of β-lactam (4-membered cyclic amide) rings is 1. The lowest BCUT2D eigenvalue weighted by Crippen LogP contribution is -2.54. The van der Waals surface area contributed by atoms with E-state index < -0.39 is 5.97 Å². The summed E-state index contributed by atoms with van der Waals surface area (Å²) in [6, 6.07) is 5.08. The molecule has 1 atom stereocenters. The molecule has 6 nitrogen and oxygen atoms in total. The SMILES string of the molecule is O=C(O)C1=C(CSc2cccc[n+]2[O-])CS[C@H]2CC(=O)N12. The first-order valence-electron chi connectivity index (χ1n) is 6.28. The van der Waals surface area contributed by atoms with Crippen LogP contribution in [0.3, 0.4) is 0 Å². The van der Waals surface area contributed by atoms with E-state index in [0.29, 0.717) is 28.5 Å². The lowest BCUT2D eigenvalue weighted by molar-refractivity contribution is -0.645. The summed E-state index contributed by atoms with van der Waals surface area (Å²) in [5, 5.41) is 21.4. The summed E-state index contributed by atoms with van der Waals surface area (Å²) in [6.07, 6.45) is 1.81. The molecule has 2 aliphatic heterocycles. The van der Waals surface area contributed by atoms with Crippen LogP contribution in [-0.2, 0) is 9.59 Å². The second kappa shape index (κ2) is 5.61. The van der Waals surface area contributed by atoms with Gasteiger partial charge < -0.3 is 10.3 Å². The molecule has 0 aromatic carbocycles. The highest BCUT2D eigenvalue weighted by Crippen LogP contribution is 2.40. The summed E-state index contributed by atoms with van der Waals surface area (Å²) in [5.74, 6) is -0.260. The molecule has 8 heteroatoms. The van der Waals surface area contributed by atoms with Crippen molar-refractivity contribution in [2.45, 2.75) is 16.8 Å². The topological polar surface area (TPSA) is 84.5 Å². The predicted octanol–water partition coefficient (Wildman–Crippen LogP) is 1.06. The molecule has 0 saturated carbocycles. The lowest BCUT2D eigenvalue weighted by Gasteiger charge is -2.43. The molecule has 1 amide bonds. The van der Waals surface area contributed by atoms with Crippen LogP contribution in [0.1, 0.15) is 6.42 Å². The van der Waals surface area contributed by atoms with Gasteiger partial charge in [0.25, 0.3) is 5.03 Å². The van der Waals surface area contributed by atoms with Crippen molar-refractivity contribution in [1.29, 1.82) is 0 Å². The van der Waals surface area contributed by atoms with E-state index in [1.165, 1.54) is 22.9 Å². The number of fused-ring (bicyclic) bond motifs is 1. The second-order valence-electron chi connectivity index (χ2n) is 4.64. The van der Waals surface area contributed by atoms with Crippen LogP contribution in [0, 0.1) is 5.21 Å². The Balaban J connectivity index is 1.82. The summed E-state index contributed by atoms with van der Waals surface area (Å²) >= 11 is 2.85. The summed E-state index contributed by atoms with van der Waals surface area (Å²) < 4.78 is 0.749. The van der Waals surface area contributed by atoms with Crippen molar-refractivity contribution >= 4 is 35.4 Å². The Labute approximate surface area is 129 Å². The number of nitrogens with zero attached hydrogens (tertiary/aromatic N) is 2. The molecule has 1 aromatic rings. The molecule has 2 aliphatic rings. The number of amides is 1. The Morgan fingerprint density at radius 1 is 1.57 bits per heavy atom. The van der Waals surface area contributed by atoms with Crippen molar-refractivity contribution in [3.63, 3.8) is 0 Å². The number of aromatic nitrogens is 1. The maximum absolute atomic E-state index is 11.6. The molecular weight excluding hydrogens is 312 g/mol. The summed E-state index contributed by atoms with van der Waals surface area (Å²) in [5.41, 5.74) is 0.779. The highest BCUT2D eigenvalue weighted by molar-refractivity contribution is 8.00. The number of hydrogen-bond acceptors (Lipinski definition) is 5. The quantitative estimate of drug-likeness (QED) is 0.386. The Bertz CT molecular complexity index is 647. The van der Waals surface area contributed by atoms with Crippen LogP contribution < -0.4 is 4.73 Å². The van der Waals surface area contributed by atoms with Crippen molar-refractivity contribution in [2.24, 2.45) is 0 Å². The average Bonchev–Trinajstić information content (AvgIpc) is 2.45. The third-order valence-corrected chi connectivity index (χ3v) is 5.70. The van der Waals surface area contributed by atoms with Gasteiger partial charge in [-0.25, -0.2) is 4.79 Å². The average molecular weight is 324 g/mol. The largest absolute Gasteiger partial charge is 0.618 e. The van der Waals surface area contributed by atoms with Gasteiger partial charge in [-0.1, -0.05) is 11.8 Å². The zero-order chi connectivity index (χ0) is 15.0. The molecule has 21 heavy (non-hydrogen) atoms. The van der Waals surface area contributed by atoms with Gasteiger partial charge in [-0.3, -0.25) is 9.69 Å². The first kappa shape index (κ1) is 14.3. The van der Waals surface area contributed by atoms with E-state index in [9.17, 15) is 19.9 Å². The van der Waals surface area contributed by atoms with E-state index in [1.54, 1.807) is 30.0 Å². The number of rotatable bonds is 4. The molecule has 0 spiro atoms. The Kier molecular flexibility index (Phi) is 3.81. The molecule has 0 bridgehead atoms. The van der Waals surface area contributed by atoms with Gasteiger partial charge >= 0.3 is 5.97 Å². The molecule has 0 aliphatic carbocycles. The smallest absolute Gasteiger partial charge is 0.352 e. The number of pyridine rings is 1. The highest BCUT2D eigenvalue weighted by Gasteiger charge is 2.45. The minimum absolute atomic E-state index is 0.0430. The van der Waals surface area contributed by atoms with E-state index in [-0.39, 0.29) is 17.0 Å². The Hall–Kier alpha value is -1.67. The fourth-order valence-electron chi connectivity index (χ4n) is 2.27. The third kappa shape index (κ3) is 2.60. The van der Waals surface area contributed by atoms with Gasteiger partial charge in [0.1, 0.15) is 5.70 Å². The number of hydrogen-bond donors (Lipinski definition) is 1. The first-order chi connectivity index (χ1) is 10.1. The van der Waals surface area contributed by atoms with Crippen LogP contribution in [0.15, 0.2) is 40.7 Å². The first-order valence-corrected chi connectivity index (χ1v) is 8.31. The number of carboxylic acids is 1. The van der Waals surface area contributed by atoms with Gasteiger partial charge in [0.05, 0.1) is 11.8 Å². The molecular formula is C13H12N2O4S2. The summed E-state index contributed by atoms with van der Waals surface area (Å²) in [4.78, 5) is 24.4. The minimum atomic E-state index is -1.08. The van der Waals surface area contributed by atoms with Gasteiger partial charge in [-0.15, -0.1) is 11.8 Å². The molecule has 110 valence electrons. The highest BCUT2D eigenvalue weighted by atomic mass is 32.2. The van der Waals surface area contributed by atoms with Crippen LogP contribution in [0.4, 0.5) is 0 Å². The number of carboxylic acid groups (broad SMARTS) is 1. The number of carbonyl (C=O) groups excluding carboxylic acids is 1. The maximum Gasteiger partial charge on any atom is 0.352 e. The molecule has 1 N–H and O–H groups in total. The van der Waals surface area contributed by atoms with E-state index in [0.717, 1.165) is 4.73 Å². The van der Waals surface area contributed by atoms with Gasteiger partial charge in [-0.05, 0) is 11.6 Å². The van der Waals surface area contributed by atoms with Crippen LogP contribution in [0.2, 0.25) is 0 Å². The maximum atomic E-state index is 11.6. The molecule has 3 rings (SSSR count). The Morgan fingerprint density at radius 2 is 2.38 bits per heavy atom. The zero-order valence-corrected chi connectivity index (χ0v) is 12.5. The molecule has 1 fully saturated rings. The fraction of sp³-hybridized carbons (Fsp3) is 0.308. The van der Waals surface area contributed by atoms with E-state index in [2.05, 4.69) is 0 Å². The molecule has 0 radical (unpaired) electrons. The van der Waals surface area contributed by atoms with Crippen LogP contribution in [0.25, 0.3) is 0 Å². The van der Waals surface area contributed by atoms with Gasteiger partial charge in [-0.2, -0.15) is 4.73 Å². The van der Waals surface area contributed by atoms with E-state index in [4.69, 9.17) is 0 Å². The number of thioether (sulfide) groups is 2. The van der Waals surface area contributed by atoms with Crippen molar-refractivity contribution in [2.75, 3.05) is 11.5 Å². The summed E-state index contributed by atoms with van der Waals surface area (Å²) in [7, 11) is 0. The monoisotopic (exact) mass is 324 g/mol. The zero-order valence-electron chi connectivity index (χ0n) is 10.9. The fourth-order valence-corrected chi connectivity index (χ4v) is 4.59. The molecule has 1 saturated heterocycles. The normalized spacial score (nSPS) is 21.0. The predicted molar refractivity (Wildman–Crippen MR) is 78.5 cm³/mol. The van der Waals surface area contributed by atoms with Crippen molar-refractivity contribution in [3.8, 4) is 0 Å². The van der Waals surface area contributed by atoms with E-state index >= 15 is 0 Å². The van der Waals surface area contributed by atoms with Crippen LogP contribution >= 0.6 is 23.5 Å². The van der Waals surface area contributed by atoms with Gasteiger partial charge in [0, 0.05) is 23.6 Å². The van der Waals surface area contributed by atoms with Crippen molar-refractivity contribution < 1.29 is 19.4 Å². The number of aliphatic carboxylic acids is 1. The molecule has 3 heterocycles. The van der Waals surface area contributed by atoms with Crippen molar-refractivity contribution in [3.05, 3.63) is 40.9 Å². The van der Waals surface area contributed by atoms with Crippen LogP contribution in [-0.4, -0.2) is 38.8 Å². The second-order valence-corrected chi connectivity index (χ2v) is 6.81. The van der Waals surface area contributed by atoms with E-state index in [1.807, 2.05) is 0 Å². The minimum Gasteiger partial charge on any atom is -0.618 e. The standard InChI is InChI=1S/C13H12N2O4S2/c16-9-5-11-15(9)12(13(17)18)8(7-21-11)6-20-10-3-1-2-4-14(10)19/h1-4,11H,5-7H2,(H,17,18)/t11-/m0/s1. The van der Waals surface area contributed by atoms with Gasteiger partial charge in [0.15, 0.2) is 6.20 Å². The lowest BCUT2D eigenvalue weighted by atomic mass is 10.1.